The zero-order valence-corrected chi connectivity index (χ0v) is 19.5. The summed E-state index contributed by atoms with van der Waals surface area (Å²) in [4.78, 5) is 26.9. The maximum Gasteiger partial charge on any atom is 0.323 e. The van der Waals surface area contributed by atoms with E-state index in [9.17, 15) is 9.59 Å². The number of nitrogens with two attached hydrogens (primary N) is 1. The molecule has 0 heterocycles. The SMILES string of the molecule is CN(C)CC1CCc2cc(NC(=O)Nc3ccc(Oc4ccccc4)cc3)cc(C(N)=O)c2C1. The lowest BCUT2D eigenvalue weighted by Gasteiger charge is -2.28. The van der Waals surface area contributed by atoms with Crippen molar-refractivity contribution in [3.8, 4) is 11.5 Å². The van der Waals surface area contributed by atoms with E-state index in [1.54, 1.807) is 30.3 Å². The number of hydrogen-bond acceptors (Lipinski definition) is 4. The first-order chi connectivity index (χ1) is 16.4. The molecule has 1 aliphatic carbocycles. The molecular formula is C27H30N4O3. The minimum Gasteiger partial charge on any atom is -0.457 e. The van der Waals surface area contributed by atoms with Gasteiger partial charge in [0.2, 0.25) is 5.91 Å². The molecule has 1 aliphatic rings. The van der Waals surface area contributed by atoms with Crippen LogP contribution in [0.5, 0.6) is 11.5 Å². The molecule has 3 amide bonds. The number of ether oxygens (including phenoxy) is 1. The van der Waals surface area contributed by atoms with E-state index in [-0.39, 0.29) is 0 Å². The van der Waals surface area contributed by atoms with Gasteiger partial charge in [-0.3, -0.25) is 4.79 Å². The van der Waals surface area contributed by atoms with Gasteiger partial charge in [-0.2, -0.15) is 0 Å². The second-order valence-corrected chi connectivity index (χ2v) is 8.92. The summed E-state index contributed by atoms with van der Waals surface area (Å²) in [6, 6.07) is 19.8. The van der Waals surface area contributed by atoms with Crippen LogP contribution in [0.1, 0.15) is 27.9 Å². The van der Waals surface area contributed by atoms with E-state index < -0.39 is 11.9 Å². The highest BCUT2D eigenvalue weighted by molar-refractivity contribution is 6.02. The van der Waals surface area contributed by atoms with E-state index in [1.807, 2.05) is 36.4 Å². The molecule has 0 fully saturated rings. The third-order valence-electron chi connectivity index (χ3n) is 5.89. The van der Waals surface area contributed by atoms with Gasteiger partial charge in [0, 0.05) is 23.5 Å². The van der Waals surface area contributed by atoms with Crippen molar-refractivity contribution in [3.05, 3.63) is 83.4 Å². The van der Waals surface area contributed by atoms with E-state index >= 15 is 0 Å². The number of amides is 3. The summed E-state index contributed by atoms with van der Waals surface area (Å²) in [5.74, 6) is 1.42. The number of fused-ring (bicyclic) bond motifs is 1. The van der Waals surface area contributed by atoms with Crippen LogP contribution < -0.4 is 21.1 Å². The molecule has 1 atom stereocenters. The van der Waals surface area contributed by atoms with Crippen LogP contribution in [0.25, 0.3) is 0 Å². The lowest BCUT2D eigenvalue weighted by molar-refractivity contribution is 0.0998. The van der Waals surface area contributed by atoms with E-state index in [0.29, 0.717) is 28.6 Å². The number of primary amides is 1. The molecule has 34 heavy (non-hydrogen) atoms. The zero-order chi connectivity index (χ0) is 24.1. The highest BCUT2D eigenvalue weighted by atomic mass is 16.5. The second kappa shape index (κ2) is 10.4. The monoisotopic (exact) mass is 458 g/mol. The summed E-state index contributed by atoms with van der Waals surface area (Å²) in [5.41, 5.74) is 9.43. The van der Waals surface area contributed by atoms with E-state index in [1.165, 1.54) is 0 Å². The molecule has 0 bridgehead atoms. The van der Waals surface area contributed by atoms with E-state index in [0.717, 1.165) is 42.7 Å². The number of urea groups is 1. The first-order valence-corrected chi connectivity index (χ1v) is 11.4. The minimum atomic E-state index is -0.472. The summed E-state index contributed by atoms with van der Waals surface area (Å²) >= 11 is 0. The number of nitrogens with zero attached hydrogens (tertiary/aromatic N) is 1. The van der Waals surface area contributed by atoms with Gasteiger partial charge in [0.15, 0.2) is 0 Å². The van der Waals surface area contributed by atoms with Crippen molar-refractivity contribution in [2.24, 2.45) is 11.7 Å². The molecule has 1 unspecified atom stereocenters. The molecule has 0 radical (unpaired) electrons. The van der Waals surface area contributed by atoms with Gasteiger partial charge in [-0.15, -0.1) is 0 Å². The summed E-state index contributed by atoms with van der Waals surface area (Å²) in [5, 5.41) is 5.65. The average Bonchev–Trinajstić information content (AvgIpc) is 2.80. The second-order valence-electron chi connectivity index (χ2n) is 8.92. The molecule has 0 aromatic heterocycles. The Morgan fingerprint density at radius 1 is 0.971 bits per heavy atom. The Kier molecular flexibility index (Phi) is 7.13. The molecule has 0 saturated heterocycles. The number of carbonyl (C=O) groups is 2. The van der Waals surface area contributed by atoms with Gasteiger partial charge in [0.05, 0.1) is 0 Å². The van der Waals surface area contributed by atoms with Crippen LogP contribution in [-0.2, 0) is 12.8 Å². The summed E-state index contributed by atoms with van der Waals surface area (Å²) < 4.78 is 5.78. The number of benzene rings is 3. The molecular weight excluding hydrogens is 428 g/mol. The first-order valence-electron chi connectivity index (χ1n) is 11.4. The molecule has 7 nitrogen and oxygen atoms in total. The molecule has 7 heteroatoms. The van der Waals surface area contributed by atoms with E-state index in [4.69, 9.17) is 10.5 Å². The molecule has 3 aromatic carbocycles. The minimum absolute atomic E-state index is 0.395. The Labute approximate surface area is 199 Å². The highest BCUT2D eigenvalue weighted by Crippen LogP contribution is 2.31. The lowest BCUT2D eigenvalue weighted by atomic mass is 9.81. The Morgan fingerprint density at radius 2 is 1.65 bits per heavy atom. The first kappa shape index (κ1) is 23.3. The van der Waals surface area contributed by atoms with Gasteiger partial charge in [-0.1, -0.05) is 18.2 Å². The van der Waals surface area contributed by atoms with Crippen LogP contribution in [0.3, 0.4) is 0 Å². The van der Waals surface area contributed by atoms with Gasteiger partial charge in [-0.25, -0.2) is 4.79 Å². The number of rotatable bonds is 7. The molecule has 0 saturated carbocycles. The number of anilines is 2. The Hall–Kier alpha value is -3.84. The van der Waals surface area contributed by atoms with Crippen molar-refractivity contribution >= 4 is 23.3 Å². The van der Waals surface area contributed by atoms with Crippen molar-refractivity contribution in [3.63, 3.8) is 0 Å². The smallest absolute Gasteiger partial charge is 0.323 e. The quantitative estimate of drug-likeness (QED) is 0.470. The fraction of sp³-hybridized carbons (Fsp3) is 0.259. The predicted molar refractivity (Wildman–Crippen MR) is 135 cm³/mol. The maximum atomic E-state index is 12.6. The van der Waals surface area contributed by atoms with Crippen LogP contribution in [0.15, 0.2) is 66.7 Å². The number of carbonyl (C=O) groups excluding carboxylic acids is 2. The van der Waals surface area contributed by atoms with Gasteiger partial charge in [0.1, 0.15) is 11.5 Å². The standard InChI is InChI=1S/C27H30N4O3/c1-31(2)17-18-8-9-19-15-21(16-25(26(28)32)24(19)14-18)30-27(33)29-20-10-12-23(13-11-20)34-22-6-4-3-5-7-22/h3-7,10-13,15-16,18H,8-9,14,17H2,1-2H3,(H2,28,32)(H2,29,30,33). The summed E-state index contributed by atoms with van der Waals surface area (Å²) in [6.45, 7) is 0.967. The highest BCUT2D eigenvalue weighted by Gasteiger charge is 2.24. The number of nitrogens with one attached hydrogen (secondary N) is 2. The molecule has 0 aliphatic heterocycles. The van der Waals surface area contributed by atoms with Crippen LogP contribution in [0.4, 0.5) is 16.2 Å². The number of para-hydroxylation sites is 1. The normalized spacial score (nSPS) is 14.9. The Morgan fingerprint density at radius 3 is 2.32 bits per heavy atom. The Balaban J connectivity index is 1.42. The average molecular weight is 459 g/mol. The predicted octanol–water partition coefficient (Wildman–Crippen LogP) is 4.89. The molecule has 176 valence electrons. The summed E-state index contributed by atoms with van der Waals surface area (Å²) in [6.07, 6.45) is 2.71. The van der Waals surface area contributed by atoms with Crippen LogP contribution in [0, 0.1) is 5.92 Å². The third kappa shape index (κ3) is 5.94. The van der Waals surface area contributed by atoms with Crippen molar-refractivity contribution in [2.45, 2.75) is 19.3 Å². The molecule has 3 aromatic rings. The van der Waals surface area contributed by atoms with Gasteiger partial charge in [-0.05, 0) is 98.9 Å². The van der Waals surface area contributed by atoms with Crippen molar-refractivity contribution < 1.29 is 14.3 Å². The number of hydrogen-bond donors (Lipinski definition) is 3. The van der Waals surface area contributed by atoms with E-state index in [2.05, 4.69) is 29.6 Å². The van der Waals surface area contributed by atoms with Gasteiger partial charge >= 0.3 is 6.03 Å². The number of aryl methyl sites for hydroxylation is 1. The lowest BCUT2D eigenvalue weighted by Crippen LogP contribution is -2.29. The topological polar surface area (TPSA) is 96.7 Å². The third-order valence-corrected chi connectivity index (χ3v) is 5.89. The van der Waals surface area contributed by atoms with Crippen molar-refractivity contribution in [1.29, 1.82) is 0 Å². The fourth-order valence-corrected chi connectivity index (χ4v) is 4.44. The fourth-order valence-electron chi connectivity index (χ4n) is 4.44. The van der Waals surface area contributed by atoms with Crippen LogP contribution in [-0.4, -0.2) is 37.5 Å². The largest absolute Gasteiger partial charge is 0.457 e. The van der Waals surface area contributed by atoms with Crippen molar-refractivity contribution in [1.82, 2.24) is 4.90 Å². The van der Waals surface area contributed by atoms with Gasteiger partial charge in [0.25, 0.3) is 0 Å². The van der Waals surface area contributed by atoms with Crippen molar-refractivity contribution in [2.75, 3.05) is 31.3 Å². The van der Waals surface area contributed by atoms with Crippen LogP contribution in [0.2, 0.25) is 0 Å². The zero-order valence-electron chi connectivity index (χ0n) is 19.5. The van der Waals surface area contributed by atoms with Crippen LogP contribution >= 0.6 is 0 Å². The Bertz CT molecular complexity index is 1160. The molecule has 4 N–H and O–H groups in total. The molecule has 0 spiro atoms. The summed E-state index contributed by atoms with van der Waals surface area (Å²) in [7, 11) is 4.11. The molecule has 4 rings (SSSR count). The van der Waals surface area contributed by atoms with Gasteiger partial charge < -0.3 is 26.0 Å². The maximum absolute atomic E-state index is 12.6.